The highest BCUT2D eigenvalue weighted by atomic mass is 15.1. The summed E-state index contributed by atoms with van der Waals surface area (Å²) in [4.78, 5) is 15.8. The summed E-state index contributed by atoms with van der Waals surface area (Å²) in [6, 6.07) is 7.42. The van der Waals surface area contributed by atoms with Gasteiger partial charge in [0, 0.05) is 23.5 Å². The van der Waals surface area contributed by atoms with E-state index in [0.29, 0.717) is 5.69 Å². The fourth-order valence-electron chi connectivity index (χ4n) is 1.53. The Kier molecular flexibility index (Phi) is 3.67. The van der Waals surface area contributed by atoms with Gasteiger partial charge in [-0.05, 0) is 6.07 Å². The van der Waals surface area contributed by atoms with Gasteiger partial charge in [-0.15, -0.1) is 0 Å². The van der Waals surface area contributed by atoms with Gasteiger partial charge in [0.1, 0.15) is 6.33 Å². The van der Waals surface area contributed by atoms with Gasteiger partial charge in [0.25, 0.3) is 0 Å². The highest BCUT2D eigenvalue weighted by Crippen LogP contribution is 2.28. The Balaban J connectivity index is 2.46. The second-order valence-corrected chi connectivity index (χ2v) is 3.65. The first-order valence-electron chi connectivity index (χ1n) is 5.45. The molecule has 0 aliphatic carbocycles. The third kappa shape index (κ3) is 3.25. The summed E-state index contributed by atoms with van der Waals surface area (Å²) < 4.78 is 0. The molecule has 2 aromatic rings. The van der Waals surface area contributed by atoms with Crippen LogP contribution in [0.3, 0.4) is 0 Å². The molecule has 0 aliphatic rings. The maximum atomic E-state index is 5.62. The van der Waals surface area contributed by atoms with Gasteiger partial charge in [0.2, 0.25) is 5.96 Å². The molecular formula is C12H13N7. The van der Waals surface area contributed by atoms with Gasteiger partial charge in [0.15, 0.2) is 5.96 Å². The molecule has 1 aromatic heterocycles. The Morgan fingerprint density at radius 1 is 1.00 bits per heavy atom. The quantitative estimate of drug-likeness (QED) is 0.527. The normalized spacial score (nSPS) is 11.1. The molecule has 0 saturated heterocycles. The number of aromatic nitrogens is 2. The number of hydrogen-bond donors (Lipinski definition) is 3. The van der Waals surface area contributed by atoms with Gasteiger partial charge in [-0.3, -0.25) is 0 Å². The highest BCUT2D eigenvalue weighted by molar-refractivity contribution is 5.94. The van der Waals surface area contributed by atoms with Crippen LogP contribution >= 0.6 is 0 Å². The smallest absolute Gasteiger partial charge is 0.223 e. The van der Waals surface area contributed by atoms with Crippen molar-refractivity contribution in [2.45, 2.75) is 0 Å². The third-order valence-corrected chi connectivity index (χ3v) is 2.25. The lowest BCUT2D eigenvalue weighted by Crippen LogP contribution is -2.26. The van der Waals surface area contributed by atoms with Crippen LogP contribution in [0.15, 0.2) is 53.0 Å². The summed E-state index contributed by atoms with van der Waals surface area (Å²) in [5, 5.41) is 0. The molecule has 0 bridgehead atoms. The van der Waals surface area contributed by atoms with Crippen molar-refractivity contribution in [1.82, 2.24) is 9.97 Å². The minimum atomic E-state index is -0.137. The first-order valence-corrected chi connectivity index (χ1v) is 5.45. The van der Waals surface area contributed by atoms with Crippen LogP contribution in [-0.2, 0) is 0 Å². The Hall–Kier alpha value is -2.96. The number of nitrogens with zero attached hydrogens (tertiary/aromatic N) is 4. The molecule has 0 saturated carbocycles. The maximum Gasteiger partial charge on any atom is 0.223 e. The molecule has 7 nitrogen and oxygen atoms in total. The van der Waals surface area contributed by atoms with Crippen molar-refractivity contribution >= 4 is 17.6 Å². The van der Waals surface area contributed by atoms with Crippen LogP contribution in [0.1, 0.15) is 0 Å². The highest BCUT2D eigenvalue weighted by Gasteiger charge is 2.04. The van der Waals surface area contributed by atoms with E-state index in [1.54, 1.807) is 18.5 Å². The molecule has 1 aromatic carbocycles. The average Bonchev–Trinajstić information content (AvgIpc) is 2.39. The first-order chi connectivity index (χ1) is 9.16. The van der Waals surface area contributed by atoms with Crippen molar-refractivity contribution < 1.29 is 0 Å². The van der Waals surface area contributed by atoms with Crippen LogP contribution in [0.25, 0.3) is 11.1 Å². The second-order valence-electron chi connectivity index (χ2n) is 3.65. The van der Waals surface area contributed by atoms with E-state index in [1.807, 2.05) is 18.2 Å². The Labute approximate surface area is 109 Å². The molecule has 0 amide bonds. The van der Waals surface area contributed by atoms with Gasteiger partial charge in [-0.2, -0.15) is 4.99 Å². The zero-order valence-electron chi connectivity index (χ0n) is 10.1. The fourth-order valence-corrected chi connectivity index (χ4v) is 1.53. The number of para-hydroxylation sites is 1. The molecule has 96 valence electrons. The lowest BCUT2D eigenvalue weighted by Gasteiger charge is -2.04. The number of rotatable bonds is 2. The second kappa shape index (κ2) is 5.58. The van der Waals surface area contributed by atoms with Crippen LogP contribution < -0.4 is 17.2 Å². The number of nitrogens with two attached hydrogens (primary N) is 3. The molecule has 0 atom stereocenters. The largest absolute Gasteiger partial charge is 0.370 e. The number of benzene rings is 1. The Morgan fingerprint density at radius 3 is 2.37 bits per heavy atom. The summed E-state index contributed by atoms with van der Waals surface area (Å²) in [5.74, 6) is -0.147. The molecule has 1 heterocycles. The third-order valence-electron chi connectivity index (χ3n) is 2.25. The molecule has 19 heavy (non-hydrogen) atoms. The van der Waals surface area contributed by atoms with Crippen LogP contribution in [0.4, 0.5) is 5.69 Å². The van der Waals surface area contributed by atoms with E-state index in [-0.39, 0.29) is 11.9 Å². The molecule has 0 spiro atoms. The van der Waals surface area contributed by atoms with Crippen molar-refractivity contribution in [3.05, 3.63) is 43.0 Å². The van der Waals surface area contributed by atoms with Gasteiger partial charge < -0.3 is 17.2 Å². The molecule has 0 aliphatic heterocycles. The lowest BCUT2D eigenvalue weighted by molar-refractivity contribution is 1.17. The first kappa shape index (κ1) is 12.5. The molecule has 0 fully saturated rings. The van der Waals surface area contributed by atoms with Gasteiger partial charge in [0.05, 0.1) is 5.69 Å². The van der Waals surface area contributed by atoms with Crippen molar-refractivity contribution in [3.8, 4) is 11.1 Å². The van der Waals surface area contributed by atoms with Crippen molar-refractivity contribution in [2.75, 3.05) is 0 Å². The minimum absolute atomic E-state index is 0.00991. The van der Waals surface area contributed by atoms with Crippen LogP contribution in [0.2, 0.25) is 0 Å². The standard InChI is InChI=1S/C12H13N7/c13-11(14)19-12(15)18-10-4-2-1-3-9(10)8-5-16-7-17-6-8/h1-7H,(H6,13,14,15,18,19). The van der Waals surface area contributed by atoms with Crippen LogP contribution in [0.5, 0.6) is 0 Å². The van der Waals surface area contributed by atoms with Gasteiger partial charge >= 0.3 is 0 Å². The topological polar surface area (TPSA) is 129 Å². The Bertz CT molecular complexity index is 615. The van der Waals surface area contributed by atoms with E-state index in [2.05, 4.69) is 20.0 Å². The van der Waals surface area contributed by atoms with E-state index < -0.39 is 0 Å². The predicted molar refractivity (Wildman–Crippen MR) is 74.6 cm³/mol. The van der Waals surface area contributed by atoms with Crippen molar-refractivity contribution in [1.29, 1.82) is 0 Å². The molecular weight excluding hydrogens is 242 g/mol. The van der Waals surface area contributed by atoms with Crippen LogP contribution in [-0.4, -0.2) is 21.9 Å². The predicted octanol–water partition coefficient (Wildman–Crippen LogP) is 0.363. The summed E-state index contributed by atoms with van der Waals surface area (Å²) in [6.07, 6.45) is 4.85. The van der Waals surface area contributed by atoms with Crippen molar-refractivity contribution in [3.63, 3.8) is 0 Å². The molecule has 6 N–H and O–H groups in total. The number of guanidine groups is 2. The summed E-state index contributed by atoms with van der Waals surface area (Å²) >= 11 is 0. The van der Waals surface area contributed by atoms with Crippen molar-refractivity contribution in [2.24, 2.45) is 27.2 Å². The van der Waals surface area contributed by atoms with Gasteiger partial charge in [-0.1, -0.05) is 18.2 Å². The summed E-state index contributed by atoms with van der Waals surface area (Å²) in [6.45, 7) is 0. The summed E-state index contributed by atoms with van der Waals surface area (Å²) in [7, 11) is 0. The maximum absolute atomic E-state index is 5.62. The SMILES string of the molecule is NC(N)=NC(N)=Nc1ccccc1-c1cncnc1. The van der Waals surface area contributed by atoms with E-state index >= 15 is 0 Å². The molecule has 7 heteroatoms. The molecule has 0 unspecified atom stereocenters. The molecule has 0 radical (unpaired) electrons. The fraction of sp³-hybridized carbons (Fsp3) is 0. The Morgan fingerprint density at radius 2 is 1.68 bits per heavy atom. The average molecular weight is 255 g/mol. The van der Waals surface area contributed by atoms with E-state index in [9.17, 15) is 0 Å². The van der Waals surface area contributed by atoms with Crippen LogP contribution in [0, 0.1) is 0 Å². The zero-order chi connectivity index (χ0) is 13.7. The summed E-state index contributed by atoms with van der Waals surface area (Å²) in [5.41, 5.74) is 18.4. The lowest BCUT2D eigenvalue weighted by atomic mass is 10.1. The van der Waals surface area contributed by atoms with E-state index in [4.69, 9.17) is 17.2 Å². The molecule has 2 rings (SSSR count). The monoisotopic (exact) mass is 255 g/mol. The minimum Gasteiger partial charge on any atom is -0.370 e. The zero-order valence-corrected chi connectivity index (χ0v) is 10.1. The van der Waals surface area contributed by atoms with E-state index in [1.165, 1.54) is 6.33 Å². The number of aliphatic imine (C=N–C) groups is 2. The number of hydrogen-bond acceptors (Lipinski definition) is 3. The van der Waals surface area contributed by atoms with E-state index in [0.717, 1.165) is 11.1 Å². The van der Waals surface area contributed by atoms with Gasteiger partial charge in [-0.25, -0.2) is 15.0 Å².